The van der Waals surface area contributed by atoms with Crippen LogP contribution in [0.25, 0.3) is 0 Å². The van der Waals surface area contributed by atoms with Crippen molar-refractivity contribution in [1.29, 1.82) is 0 Å². The monoisotopic (exact) mass is 356 g/mol. The zero-order valence-corrected chi connectivity index (χ0v) is 14.7. The molecule has 8 nitrogen and oxygen atoms in total. The van der Waals surface area contributed by atoms with E-state index in [1.165, 1.54) is 12.7 Å². The number of aromatic carboxylic acids is 1. The second-order valence-corrected chi connectivity index (χ2v) is 5.34. The van der Waals surface area contributed by atoms with Gasteiger partial charge >= 0.3 is 5.97 Å². The van der Waals surface area contributed by atoms with E-state index in [9.17, 15) is 4.79 Å². The summed E-state index contributed by atoms with van der Waals surface area (Å²) in [5.41, 5.74) is 10.8. The maximum absolute atomic E-state index is 10.2. The van der Waals surface area contributed by atoms with Crippen molar-refractivity contribution >= 4 is 30.6 Å². The second-order valence-electron chi connectivity index (χ2n) is 5.34. The normalized spacial score (nSPS) is 18.8. The molecular weight excluding hydrogens is 332 g/mol. The molecule has 0 aromatic heterocycles. The molecule has 2 aliphatic rings. The SMILES string of the molecule is C=CC12N=CN=CC1=NC=N2.CCCC(N)N.O=C(O)c1ccccc1. The highest BCUT2D eigenvalue weighted by atomic mass is 16.4. The lowest BCUT2D eigenvalue weighted by atomic mass is 10.1. The number of hydrogen-bond donors (Lipinski definition) is 3. The number of fused-ring (bicyclic) bond motifs is 1. The van der Waals surface area contributed by atoms with E-state index in [4.69, 9.17) is 16.6 Å². The minimum Gasteiger partial charge on any atom is -0.478 e. The first kappa shape index (κ1) is 21.1. The van der Waals surface area contributed by atoms with Gasteiger partial charge < -0.3 is 16.6 Å². The van der Waals surface area contributed by atoms with Crippen LogP contribution in [0.15, 0.2) is 63.0 Å². The van der Waals surface area contributed by atoms with E-state index >= 15 is 0 Å². The molecule has 5 N–H and O–H groups in total. The Hall–Kier alpha value is -2.97. The molecule has 3 rings (SSSR count). The Kier molecular flexibility index (Phi) is 8.76. The molecule has 1 aromatic rings. The van der Waals surface area contributed by atoms with E-state index in [1.54, 1.807) is 42.6 Å². The predicted octanol–water partition coefficient (Wildman–Crippen LogP) is 1.88. The van der Waals surface area contributed by atoms with Gasteiger partial charge in [0.25, 0.3) is 0 Å². The molecule has 0 spiro atoms. The number of carboxylic acids is 1. The highest BCUT2D eigenvalue weighted by Crippen LogP contribution is 2.21. The van der Waals surface area contributed by atoms with E-state index < -0.39 is 11.6 Å². The first-order valence-corrected chi connectivity index (χ1v) is 8.07. The van der Waals surface area contributed by atoms with Crippen molar-refractivity contribution in [2.75, 3.05) is 0 Å². The first-order chi connectivity index (χ1) is 12.4. The molecule has 0 aliphatic carbocycles. The summed E-state index contributed by atoms with van der Waals surface area (Å²) in [6.07, 6.45) is 8.14. The molecule has 1 unspecified atom stereocenters. The molecule has 0 saturated carbocycles. The van der Waals surface area contributed by atoms with Crippen molar-refractivity contribution in [3.8, 4) is 0 Å². The largest absolute Gasteiger partial charge is 0.478 e. The van der Waals surface area contributed by atoms with Crippen molar-refractivity contribution in [2.24, 2.45) is 31.4 Å². The number of carbonyl (C=O) groups is 1. The van der Waals surface area contributed by atoms with Gasteiger partial charge in [-0.1, -0.05) is 38.1 Å². The third-order valence-electron chi connectivity index (χ3n) is 3.27. The van der Waals surface area contributed by atoms with Gasteiger partial charge in [0.2, 0.25) is 5.66 Å². The molecule has 1 atom stereocenters. The molecule has 2 aliphatic heterocycles. The van der Waals surface area contributed by atoms with Gasteiger partial charge in [-0.15, -0.1) is 0 Å². The average molecular weight is 356 g/mol. The van der Waals surface area contributed by atoms with Gasteiger partial charge in [0.15, 0.2) is 0 Å². The maximum Gasteiger partial charge on any atom is 0.335 e. The summed E-state index contributed by atoms with van der Waals surface area (Å²) in [6, 6.07) is 8.30. The number of nitrogens with two attached hydrogens (primary N) is 2. The highest BCUT2D eigenvalue weighted by Gasteiger charge is 2.33. The van der Waals surface area contributed by atoms with Crippen LogP contribution in [-0.4, -0.2) is 47.5 Å². The van der Waals surface area contributed by atoms with Crippen LogP contribution < -0.4 is 11.5 Å². The van der Waals surface area contributed by atoms with E-state index in [2.05, 4.69) is 33.5 Å². The van der Waals surface area contributed by atoms with E-state index in [0.717, 1.165) is 18.6 Å². The molecule has 0 saturated heterocycles. The molecule has 0 bridgehead atoms. The van der Waals surface area contributed by atoms with Gasteiger partial charge in [0.1, 0.15) is 18.4 Å². The number of aliphatic imine (C=N–C) groups is 4. The lowest BCUT2D eigenvalue weighted by Crippen LogP contribution is -2.32. The van der Waals surface area contributed by atoms with Gasteiger partial charge in [0.05, 0.1) is 17.9 Å². The van der Waals surface area contributed by atoms with Crippen molar-refractivity contribution in [1.82, 2.24) is 0 Å². The lowest BCUT2D eigenvalue weighted by Gasteiger charge is -2.17. The Bertz CT molecular complexity index is 710. The van der Waals surface area contributed by atoms with E-state index in [1.807, 2.05) is 0 Å². The Morgan fingerprint density at radius 2 is 1.92 bits per heavy atom. The van der Waals surface area contributed by atoms with Crippen LogP contribution in [0.4, 0.5) is 0 Å². The van der Waals surface area contributed by atoms with Crippen molar-refractivity contribution in [3.05, 3.63) is 48.6 Å². The van der Waals surface area contributed by atoms with Crippen LogP contribution in [0.1, 0.15) is 30.1 Å². The number of hydrogen-bond acceptors (Lipinski definition) is 7. The summed E-state index contributed by atoms with van der Waals surface area (Å²) in [5.74, 6) is -0.879. The Morgan fingerprint density at radius 1 is 1.27 bits per heavy atom. The molecule has 138 valence electrons. The fraction of sp³-hybridized carbons (Fsp3) is 0.278. The van der Waals surface area contributed by atoms with Crippen LogP contribution in [0.2, 0.25) is 0 Å². The van der Waals surface area contributed by atoms with Crippen molar-refractivity contribution < 1.29 is 9.90 Å². The fourth-order valence-electron chi connectivity index (χ4n) is 1.92. The predicted molar refractivity (Wildman–Crippen MR) is 106 cm³/mol. The van der Waals surface area contributed by atoms with Crippen LogP contribution in [0, 0.1) is 0 Å². The van der Waals surface area contributed by atoms with Gasteiger partial charge in [-0.2, -0.15) is 0 Å². The summed E-state index contributed by atoms with van der Waals surface area (Å²) in [6.45, 7) is 5.71. The first-order valence-electron chi connectivity index (χ1n) is 8.07. The van der Waals surface area contributed by atoms with Gasteiger partial charge in [-0.05, 0) is 24.6 Å². The van der Waals surface area contributed by atoms with Crippen molar-refractivity contribution in [2.45, 2.75) is 31.6 Å². The van der Waals surface area contributed by atoms with Crippen molar-refractivity contribution in [3.63, 3.8) is 0 Å². The Labute approximate surface area is 152 Å². The quantitative estimate of drug-likeness (QED) is 0.560. The molecule has 0 fully saturated rings. The van der Waals surface area contributed by atoms with Gasteiger partial charge in [-0.3, -0.25) is 0 Å². The molecule has 0 radical (unpaired) electrons. The zero-order valence-electron chi connectivity index (χ0n) is 14.7. The Morgan fingerprint density at radius 3 is 2.35 bits per heavy atom. The smallest absolute Gasteiger partial charge is 0.335 e. The van der Waals surface area contributed by atoms with Gasteiger partial charge in [-0.25, -0.2) is 24.8 Å². The molecule has 26 heavy (non-hydrogen) atoms. The molecule has 0 amide bonds. The molecule has 1 aromatic carbocycles. The van der Waals surface area contributed by atoms with Crippen LogP contribution >= 0.6 is 0 Å². The zero-order chi connectivity index (χ0) is 19.4. The van der Waals surface area contributed by atoms with Crippen LogP contribution in [0.5, 0.6) is 0 Å². The minimum absolute atomic E-state index is 0.102. The number of carboxylic acid groups (broad SMARTS) is 1. The Balaban J connectivity index is 0.000000205. The van der Waals surface area contributed by atoms with Crippen LogP contribution in [-0.2, 0) is 0 Å². The number of benzene rings is 1. The summed E-state index contributed by atoms with van der Waals surface area (Å²) >= 11 is 0. The second kappa shape index (κ2) is 10.8. The average Bonchev–Trinajstić information content (AvgIpc) is 3.08. The fourth-order valence-corrected chi connectivity index (χ4v) is 1.92. The molecular formula is C18H24N6O2. The van der Waals surface area contributed by atoms with E-state index in [-0.39, 0.29) is 6.17 Å². The summed E-state index contributed by atoms with van der Waals surface area (Å²) in [7, 11) is 0. The standard InChI is InChI=1S/C7H6N4.C7H6O2.C4H12N2/c1-2-7-6(9-5-11-7)3-8-4-10-7;8-7(9)6-4-2-1-3-5-6;1-2-3-4(5)6/h2-5H,1H2;1-5H,(H,8,9);4H,2-3,5-6H2,1H3. The third kappa shape index (κ3) is 6.50. The van der Waals surface area contributed by atoms with E-state index in [0.29, 0.717) is 5.56 Å². The molecule has 2 heterocycles. The van der Waals surface area contributed by atoms with Crippen LogP contribution in [0.3, 0.4) is 0 Å². The minimum atomic E-state index is -0.879. The number of nitrogens with zero attached hydrogens (tertiary/aromatic N) is 4. The third-order valence-corrected chi connectivity index (χ3v) is 3.27. The summed E-state index contributed by atoms with van der Waals surface area (Å²) < 4.78 is 0. The number of rotatable bonds is 4. The topological polar surface area (TPSA) is 139 Å². The summed E-state index contributed by atoms with van der Waals surface area (Å²) in [5, 5.41) is 8.38. The maximum atomic E-state index is 10.2. The van der Waals surface area contributed by atoms with Gasteiger partial charge in [0, 0.05) is 0 Å². The highest BCUT2D eigenvalue weighted by molar-refractivity contribution is 6.39. The lowest BCUT2D eigenvalue weighted by molar-refractivity contribution is 0.0697. The summed E-state index contributed by atoms with van der Waals surface area (Å²) in [4.78, 5) is 26.2. The molecule has 8 heteroatoms.